The van der Waals surface area contributed by atoms with Crippen LogP contribution in [0.25, 0.3) is 0 Å². The first-order chi connectivity index (χ1) is 11.4. The second-order valence-electron chi connectivity index (χ2n) is 6.76. The molecule has 1 aromatic rings. The molecule has 1 aromatic carbocycles. The van der Waals surface area contributed by atoms with Crippen molar-refractivity contribution in [3.05, 3.63) is 47.2 Å². The van der Waals surface area contributed by atoms with Gasteiger partial charge in [-0.1, -0.05) is 29.8 Å². The summed E-state index contributed by atoms with van der Waals surface area (Å²) in [7, 11) is 0. The molecule has 1 saturated heterocycles. The lowest BCUT2D eigenvalue weighted by Gasteiger charge is -2.54. The van der Waals surface area contributed by atoms with Crippen LogP contribution in [0.2, 0.25) is 0 Å². The highest BCUT2D eigenvalue weighted by Gasteiger charge is 2.73. The maximum absolute atomic E-state index is 12.0. The molecule has 1 aliphatic carbocycles. The van der Waals surface area contributed by atoms with Crippen LogP contribution in [0.5, 0.6) is 0 Å². The summed E-state index contributed by atoms with van der Waals surface area (Å²) in [5.74, 6) is -2.41. The van der Waals surface area contributed by atoms with E-state index in [0.717, 1.165) is 11.1 Å². The van der Waals surface area contributed by atoms with Crippen molar-refractivity contribution in [1.82, 2.24) is 5.32 Å². The highest BCUT2D eigenvalue weighted by Crippen LogP contribution is 2.58. The summed E-state index contributed by atoms with van der Waals surface area (Å²) in [6.45, 7) is 3.97. The molecule has 0 spiro atoms. The molecule has 3 aliphatic rings. The average molecular weight is 327 g/mol. The van der Waals surface area contributed by atoms with E-state index in [1.54, 1.807) is 6.92 Å². The molecule has 6 heteroatoms. The number of hydrogen-bond acceptors (Lipinski definition) is 5. The molecule has 4 atom stereocenters. The van der Waals surface area contributed by atoms with Crippen LogP contribution < -0.4 is 5.32 Å². The fraction of sp³-hybridized carbons (Fsp3) is 0.389. The number of esters is 1. The molecule has 0 aromatic heterocycles. The first-order valence-corrected chi connectivity index (χ1v) is 7.88. The monoisotopic (exact) mass is 327 g/mol. The van der Waals surface area contributed by atoms with Crippen LogP contribution in [-0.2, 0) is 30.5 Å². The van der Waals surface area contributed by atoms with Gasteiger partial charge in [0.05, 0.1) is 23.8 Å². The average Bonchev–Trinajstić information content (AvgIpc) is 2.75. The van der Waals surface area contributed by atoms with Crippen LogP contribution in [0, 0.1) is 24.7 Å². The van der Waals surface area contributed by atoms with Crippen molar-refractivity contribution in [1.29, 1.82) is 0 Å². The summed E-state index contributed by atoms with van der Waals surface area (Å²) < 4.78 is 11.3. The second kappa shape index (κ2) is 4.93. The predicted octanol–water partition coefficient (Wildman–Crippen LogP) is 1.23. The predicted molar refractivity (Wildman–Crippen MR) is 82.2 cm³/mol. The summed E-state index contributed by atoms with van der Waals surface area (Å²) in [5.41, 5.74) is 1.07. The summed E-state index contributed by atoms with van der Waals surface area (Å²) in [4.78, 5) is 35.9. The van der Waals surface area contributed by atoms with Gasteiger partial charge in [-0.2, -0.15) is 0 Å². The zero-order chi connectivity index (χ0) is 17.1. The number of benzene rings is 1. The van der Waals surface area contributed by atoms with Gasteiger partial charge in [0, 0.05) is 0 Å². The van der Waals surface area contributed by atoms with Crippen molar-refractivity contribution in [2.75, 3.05) is 0 Å². The second-order valence-corrected chi connectivity index (χ2v) is 6.76. The number of hydrogen-bond donors (Lipinski definition) is 1. The summed E-state index contributed by atoms with van der Waals surface area (Å²) in [6.07, 6.45) is 1.29. The van der Waals surface area contributed by atoms with Gasteiger partial charge in [-0.05, 0) is 19.4 Å². The third kappa shape index (κ3) is 1.99. The van der Waals surface area contributed by atoms with Gasteiger partial charge in [-0.25, -0.2) is 4.79 Å². The maximum Gasteiger partial charge on any atom is 0.334 e. The van der Waals surface area contributed by atoms with Gasteiger partial charge >= 0.3 is 5.97 Å². The molecule has 6 nitrogen and oxygen atoms in total. The van der Waals surface area contributed by atoms with Gasteiger partial charge in [-0.15, -0.1) is 0 Å². The van der Waals surface area contributed by atoms with Crippen LogP contribution in [0.15, 0.2) is 36.1 Å². The number of carbonyl (C=O) groups excluding carboxylic acids is 3. The number of carbonyl (C=O) groups is 3. The molecule has 2 fully saturated rings. The van der Waals surface area contributed by atoms with E-state index in [-0.39, 0.29) is 11.8 Å². The number of aryl methyl sites for hydroxylation is 1. The van der Waals surface area contributed by atoms with E-state index in [2.05, 4.69) is 5.32 Å². The third-order valence-electron chi connectivity index (χ3n) is 5.16. The van der Waals surface area contributed by atoms with E-state index >= 15 is 0 Å². The van der Waals surface area contributed by atoms with Crippen LogP contribution in [0.3, 0.4) is 0 Å². The largest absolute Gasteiger partial charge is 0.492 e. The van der Waals surface area contributed by atoms with Gasteiger partial charge in [-0.3, -0.25) is 14.9 Å². The third-order valence-corrected chi connectivity index (χ3v) is 5.16. The fourth-order valence-corrected chi connectivity index (χ4v) is 4.13. The molecule has 1 N–H and O–H groups in total. The van der Waals surface area contributed by atoms with Crippen LogP contribution in [0.1, 0.15) is 18.1 Å². The number of amides is 2. The molecule has 2 heterocycles. The number of imide groups is 1. The molecule has 0 bridgehead atoms. The molecule has 4 rings (SSSR count). The fourth-order valence-electron chi connectivity index (χ4n) is 4.13. The first kappa shape index (κ1) is 14.9. The topological polar surface area (TPSA) is 81.7 Å². The lowest BCUT2D eigenvalue weighted by atomic mass is 9.53. The summed E-state index contributed by atoms with van der Waals surface area (Å²) in [5, 5.41) is 2.33. The Balaban J connectivity index is 1.60. The van der Waals surface area contributed by atoms with Crippen molar-refractivity contribution in [2.24, 2.45) is 17.8 Å². The zero-order valence-electron chi connectivity index (χ0n) is 13.4. The van der Waals surface area contributed by atoms with Crippen molar-refractivity contribution >= 4 is 17.8 Å². The molecule has 2 aliphatic heterocycles. The van der Waals surface area contributed by atoms with Crippen molar-refractivity contribution < 1.29 is 23.9 Å². The minimum absolute atomic E-state index is 0.292. The Labute approximate surface area is 138 Å². The molecule has 2 amide bonds. The maximum atomic E-state index is 12.0. The molecule has 0 radical (unpaired) electrons. The molecule has 124 valence electrons. The number of rotatable bonds is 3. The lowest BCUT2D eigenvalue weighted by molar-refractivity contribution is -0.212. The Hall–Kier alpha value is -2.63. The number of fused-ring (bicyclic) bond motifs is 4. The highest BCUT2D eigenvalue weighted by atomic mass is 16.6. The van der Waals surface area contributed by atoms with Crippen molar-refractivity contribution in [3.8, 4) is 0 Å². The van der Waals surface area contributed by atoms with E-state index in [9.17, 15) is 14.4 Å². The van der Waals surface area contributed by atoms with Gasteiger partial charge in [0.2, 0.25) is 11.8 Å². The van der Waals surface area contributed by atoms with Crippen LogP contribution in [0.4, 0.5) is 0 Å². The van der Waals surface area contributed by atoms with Crippen molar-refractivity contribution in [3.63, 3.8) is 0 Å². The minimum atomic E-state index is -1.02. The van der Waals surface area contributed by atoms with E-state index in [4.69, 9.17) is 9.47 Å². The SMILES string of the molecule is Cc1cccc(COC2=CC(=O)O[C@]3(C)[C@@H]4C(=O)NC(=O)[C@@H]4[C@H]23)c1. The van der Waals surface area contributed by atoms with Crippen LogP contribution >= 0.6 is 0 Å². The van der Waals surface area contributed by atoms with Crippen molar-refractivity contribution in [2.45, 2.75) is 26.1 Å². The van der Waals surface area contributed by atoms with Gasteiger partial charge < -0.3 is 9.47 Å². The highest BCUT2D eigenvalue weighted by molar-refractivity contribution is 6.08. The quantitative estimate of drug-likeness (QED) is 0.667. The smallest absolute Gasteiger partial charge is 0.334 e. The Morgan fingerprint density at radius 3 is 2.75 bits per heavy atom. The van der Waals surface area contributed by atoms with Gasteiger partial charge in [0.15, 0.2) is 0 Å². The summed E-state index contributed by atoms with van der Waals surface area (Å²) in [6, 6.07) is 7.85. The molecule has 24 heavy (non-hydrogen) atoms. The Morgan fingerprint density at radius 2 is 2.00 bits per heavy atom. The molecule has 1 saturated carbocycles. The normalized spacial score (nSPS) is 33.7. The zero-order valence-corrected chi connectivity index (χ0v) is 13.4. The Morgan fingerprint density at radius 1 is 1.21 bits per heavy atom. The Bertz CT molecular complexity index is 798. The van der Waals surface area contributed by atoms with E-state index in [1.165, 1.54) is 6.08 Å². The molecular weight excluding hydrogens is 310 g/mol. The molecule has 0 unspecified atom stereocenters. The number of nitrogens with one attached hydrogen (secondary N) is 1. The first-order valence-electron chi connectivity index (χ1n) is 7.88. The van der Waals surface area contributed by atoms with Gasteiger partial charge in [0.1, 0.15) is 18.0 Å². The van der Waals surface area contributed by atoms with E-state index in [0.29, 0.717) is 12.4 Å². The van der Waals surface area contributed by atoms with E-state index in [1.807, 2.05) is 31.2 Å². The lowest BCUT2D eigenvalue weighted by Crippen LogP contribution is -2.66. The Kier molecular flexibility index (Phi) is 3.07. The number of ether oxygens (including phenoxy) is 2. The van der Waals surface area contributed by atoms with Crippen LogP contribution in [-0.4, -0.2) is 23.4 Å². The standard InChI is InChI=1S/C18H17NO5/c1-9-4-3-5-10(6-9)8-23-11-7-12(20)24-18(2)14(11)13-15(18)17(22)19-16(13)21/h3-7,13-15H,8H2,1-2H3,(H,19,21,22)/t13-,14+,15+,18+/m1/s1. The van der Waals surface area contributed by atoms with Gasteiger partial charge in [0.25, 0.3) is 0 Å². The minimum Gasteiger partial charge on any atom is -0.492 e. The van der Waals surface area contributed by atoms with E-state index < -0.39 is 29.3 Å². The molecular formula is C18H17NO5. The summed E-state index contributed by atoms with van der Waals surface area (Å²) >= 11 is 0.